The number of halogens is 3. The van der Waals surface area contributed by atoms with Gasteiger partial charge in [0, 0.05) is 38.8 Å². The molecule has 0 spiro atoms. The lowest BCUT2D eigenvalue weighted by atomic mass is 10.2. The zero-order valence-electron chi connectivity index (χ0n) is 18.5. The Balaban J connectivity index is 1.41. The summed E-state index contributed by atoms with van der Waals surface area (Å²) >= 11 is 18.1. The standard InChI is InChI=1S/C23H21Cl3N4O4S/c1-15(31)29-8-10-30(11-9-29)17-2-4-18(5-3-17)34-23-22(26)12-16(14-27-23)28-35(32,33)19-6-7-20(24)21(25)13-19/h2-7,12-14,28H,8-11H2,1H3. The predicted octanol–water partition coefficient (Wildman–Crippen LogP) is 5.30. The molecule has 12 heteroatoms. The highest BCUT2D eigenvalue weighted by molar-refractivity contribution is 7.92. The molecule has 2 heterocycles. The van der Waals surface area contributed by atoms with E-state index < -0.39 is 10.0 Å². The fourth-order valence-corrected chi connectivity index (χ4v) is 5.16. The monoisotopic (exact) mass is 554 g/mol. The van der Waals surface area contributed by atoms with Gasteiger partial charge in [-0.1, -0.05) is 34.8 Å². The summed E-state index contributed by atoms with van der Waals surface area (Å²) in [5.74, 6) is 0.743. The normalized spacial score (nSPS) is 14.1. The van der Waals surface area contributed by atoms with Gasteiger partial charge in [-0.15, -0.1) is 0 Å². The molecule has 0 unspecified atom stereocenters. The second kappa shape index (κ2) is 10.5. The van der Waals surface area contributed by atoms with E-state index in [2.05, 4.69) is 14.6 Å². The van der Waals surface area contributed by atoms with Crippen LogP contribution < -0.4 is 14.4 Å². The number of piperazine rings is 1. The molecule has 1 saturated heterocycles. The Hall–Kier alpha value is -2.72. The number of benzene rings is 2. The lowest BCUT2D eigenvalue weighted by molar-refractivity contribution is -0.129. The molecule has 4 rings (SSSR count). The molecule has 184 valence electrons. The molecule has 35 heavy (non-hydrogen) atoms. The molecular weight excluding hydrogens is 535 g/mol. The highest BCUT2D eigenvalue weighted by atomic mass is 35.5. The molecule has 0 radical (unpaired) electrons. The number of hydrogen-bond acceptors (Lipinski definition) is 6. The van der Waals surface area contributed by atoms with Gasteiger partial charge in [0.15, 0.2) is 0 Å². The maximum Gasteiger partial charge on any atom is 0.261 e. The van der Waals surface area contributed by atoms with E-state index in [-0.39, 0.29) is 37.4 Å². The number of aromatic nitrogens is 1. The van der Waals surface area contributed by atoms with E-state index in [0.717, 1.165) is 18.8 Å². The zero-order chi connectivity index (χ0) is 25.2. The average molecular weight is 556 g/mol. The Bertz CT molecular complexity index is 1350. The molecule has 3 aromatic rings. The summed E-state index contributed by atoms with van der Waals surface area (Å²) in [6, 6.07) is 12.8. The Morgan fingerprint density at radius 1 is 0.943 bits per heavy atom. The van der Waals surface area contributed by atoms with Crippen molar-refractivity contribution < 1.29 is 17.9 Å². The molecular formula is C23H21Cl3N4O4S. The van der Waals surface area contributed by atoms with Gasteiger partial charge in [-0.05, 0) is 48.5 Å². The summed E-state index contributed by atoms with van der Waals surface area (Å²) in [7, 11) is -3.92. The Morgan fingerprint density at radius 2 is 1.63 bits per heavy atom. The number of anilines is 2. The minimum Gasteiger partial charge on any atom is -0.438 e. The highest BCUT2D eigenvalue weighted by Crippen LogP contribution is 2.32. The molecule has 1 aromatic heterocycles. The number of hydrogen-bond donors (Lipinski definition) is 1. The number of rotatable bonds is 6. The maximum atomic E-state index is 12.6. The minimum atomic E-state index is -3.92. The van der Waals surface area contributed by atoms with Crippen LogP contribution in [0, 0.1) is 0 Å². The van der Waals surface area contributed by atoms with Crippen molar-refractivity contribution in [3.63, 3.8) is 0 Å². The molecule has 1 fully saturated rings. The highest BCUT2D eigenvalue weighted by Gasteiger charge is 2.19. The van der Waals surface area contributed by atoms with Crippen molar-refractivity contribution in [3.05, 3.63) is 69.8 Å². The van der Waals surface area contributed by atoms with Crippen LogP contribution >= 0.6 is 34.8 Å². The van der Waals surface area contributed by atoms with E-state index in [4.69, 9.17) is 39.5 Å². The average Bonchev–Trinajstić information content (AvgIpc) is 2.83. The van der Waals surface area contributed by atoms with Crippen LogP contribution in [0.4, 0.5) is 11.4 Å². The van der Waals surface area contributed by atoms with Crippen molar-refractivity contribution in [2.45, 2.75) is 11.8 Å². The van der Waals surface area contributed by atoms with Crippen molar-refractivity contribution >= 4 is 62.1 Å². The lowest BCUT2D eigenvalue weighted by Gasteiger charge is -2.35. The van der Waals surface area contributed by atoms with Crippen LogP contribution in [0.25, 0.3) is 0 Å². The molecule has 1 N–H and O–H groups in total. The van der Waals surface area contributed by atoms with E-state index in [1.54, 1.807) is 19.1 Å². The van der Waals surface area contributed by atoms with Gasteiger partial charge < -0.3 is 14.5 Å². The summed E-state index contributed by atoms with van der Waals surface area (Å²) in [4.78, 5) is 19.6. The number of carbonyl (C=O) groups is 1. The van der Waals surface area contributed by atoms with Crippen LogP contribution in [-0.2, 0) is 14.8 Å². The Morgan fingerprint density at radius 3 is 2.23 bits per heavy atom. The molecule has 0 saturated carbocycles. The van der Waals surface area contributed by atoms with Gasteiger partial charge in [-0.2, -0.15) is 0 Å². The first-order valence-electron chi connectivity index (χ1n) is 10.5. The molecule has 0 aliphatic carbocycles. The number of ether oxygens (including phenoxy) is 1. The van der Waals surface area contributed by atoms with Crippen LogP contribution in [0.3, 0.4) is 0 Å². The quantitative estimate of drug-likeness (QED) is 0.444. The van der Waals surface area contributed by atoms with Crippen molar-refractivity contribution in [1.29, 1.82) is 0 Å². The van der Waals surface area contributed by atoms with E-state index in [0.29, 0.717) is 18.8 Å². The van der Waals surface area contributed by atoms with Crippen LogP contribution in [0.15, 0.2) is 59.6 Å². The molecule has 0 bridgehead atoms. The fraction of sp³-hybridized carbons (Fsp3) is 0.217. The van der Waals surface area contributed by atoms with Gasteiger partial charge in [0.1, 0.15) is 10.8 Å². The molecule has 2 aromatic carbocycles. The van der Waals surface area contributed by atoms with Gasteiger partial charge in [-0.25, -0.2) is 13.4 Å². The zero-order valence-corrected chi connectivity index (χ0v) is 21.6. The molecule has 8 nitrogen and oxygen atoms in total. The number of nitrogens with zero attached hydrogens (tertiary/aromatic N) is 3. The summed E-state index contributed by atoms with van der Waals surface area (Å²) in [5.41, 5.74) is 1.18. The fourth-order valence-electron chi connectivity index (χ4n) is 3.53. The van der Waals surface area contributed by atoms with E-state index in [1.165, 1.54) is 30.5 Å². The van der Waals surface area contributed by atoms with Crippen LogP contribution in [-0.4, -0.2) is 50.4 Å². The summed E-state index contributed by atoms with van der Waals surface area (Å²) in [5, 5.41) is 0.503. The van der Waals surface area contributed by atoms with Crippen molar-refractivity contribution in [2.75, 3.05) is 35.8 Å². The maximum absolute atomic E-state index is 12.6. The molecule has 1 aliphatic heterocycles. The van der Waals surface area contributed by atoms with Gasteiger partial charge in [-0.3, -0.25) is 9.52 Å². The van der Waals surface area contributed by atoms with Gasteiger partial charge in [0.05, 0.1) is 26.8 Å². The van der Waals surface area contributed by atoms with Crippen molar-refractivity contribution in [3.8, 4) is 11.6 Å². The lowest BCUT2D eigenvalue weighted by Crippen LogP contribution is -2.48. The third-order valence-corrected chi connectivity index (χ3v) is 7.79. The van der Waals surface area contributed by atoms with E-state index in [1.807, 2.05) is 17.0 Å². The van der Waals surface area contributed by atoms with Crippen molar-refractivity contribution in [2.24, 2.45) is 0 Å². The van der Waals surface area contributed by atoms with Crippen LogP contribution in [0.5, 0.6) is 11.6 Å². The largest absolute Gasteiger partial charge is 0.438 e. The SMILES string of the molecule is CC(=O)N1CCN(c2ccc(Oc3ncc(NS(=O)(=O)c4ccc(Cl)c(Cl)c4)cc3Cl)cc2)CC1. The minimum absolute atomic E-state index is 0.0499. The second-order valence-electron chi connectivity index (χ2n) is 7.78. The first kappa shape index (κ1) is 25.4. The summed E-state index contributed by atoms with van der Waals surface area (Å²) < 4.78 is 33.4. The summed E-state index contributed by atoms with van der Waals surface area (Å²) in [6.07, 6.45) is 1.30. The Kier molecular flexibility index (Phi) is 7.61. The number of carbonyl (C=O) groups excluding carboxylic acids is 1. The topological polar surface area (TPSA) is 91.8 Å². The van der Waals surface area contributed by atoms with Crippen molar-refractivity contribution in [1.82, 2.24) is 9.88 Å². The van der Waals surface area contributed by atoms with Gasteiger partial charge >= 0.3 is 0 Å². The first-order chi connectivity index (χ1) is 16.6. The predicted molar refractivity (Wildman–Crippen MR) is 138 cm³/mol. The third-order valence-electron chi connectivity index (χ3n) is 5.40. The smallest absolute Gasteiger partial charge is 0.261 e. The van der Waals surface area contributed by atoms with Gasteiger partial charge in [0.25, 0.3) is 10.0 Å². The third kappa shape index (κ3) is 6.10. The van der Waals surface area contributed by atoms with Gasteiger partial charge in [0.2, 0.25) is 11.8 Å². The number of nitrogens with one attached hydrogen (secondary N) is 1. The summed E-state index contributed by atoms with van der Waals surface area (Å²) in [6.45, 7) is 4.47. The molecule has 1 aliphatic rings. The first-order valence-corrected chi connectivity index (χ1v) is 13.2. The van der Waals surface area contributed by atoms with E-state index >= 15 is 0 Å². The molecule has 0 atom stereocenters. The van der Waals surface area contributed by atoms with Crippen LogP contribution in [0.2, 0.25) is 15.1 Å². The van der Waals surface area contributed by atoms with Crippen LogP contribution in [0.1, 0.15) is 6.92 Å². The number of sulfonamides is 1. The van der Waals surface area contributed by atoms with E-state index in [9.17, 15) is 13.2 Å². The molecule has 1 amide bonds. The second-order valence-corrected chi connectivity index (χ2v) is 10.7. The Labute approximate surface area is 218 Å². The number of amides is 1. The number of pyridine rings is 1.